The third-order valence-electron chi connectivity index (χ3n) is 21.5. The highest BCUT2D eigenvalue weighted by atomic mass is 16.6. The molecule has 2 bridgehead atoms. The number of carboxylic acids is 1. The highest BCUT2D eigenvalue weighted by Crippen LogP contribution is 2.18. The monoisotopic (exact) mass is 2040 g/mol. The number of nitrogens with two attached hydrogens (primary N) is 2. The number of ether oxygens (including phenoxy) is 13. The number of amides is 10. The Kier molecular flexibility index (Phi) is 54.6. The van der Waals surface area contributed by atoms with E-state index in [1.807, 2.05) is 0 Å². The number of ketones is 1. The Morgan fingerprint density at radius 3 is 1.71 bits per heavy atom. The summed E-state index contributed by atoms with van der Waals surface area (Å²) in [5.41, 5.74) is 13.0. The van der Waals surface area contributed by atoms with Crippen LogP contribution in [-0.2, 0) is 160 Å². The molecule has 0 radical (unpaired) electrons. The van der Waals surface area contributed by atoms with E-state index in [-0.39, 0.29) is 190 Å². The number of rotatable bonds is 65. The van der Waals surface area contributed by atoms with E-state index in [1.54, 1.807) is 12.1 Å². The number of aliphatic carboxylic acids is 1. The van der Waals surface area contributed by atoms with Crippen molar-refractivity contribution in [3.8, 4) is 0 Å². The third-order valence-corrected chi connectivity index (χ3v) is 21.5. The fraction of sp³-hybridized carbons (Fsp3) is 0.622. The van der Waals surface area contributed by atoms with Gasteiger partial charge in [-0.3, -0.25) is 67.2 Å². The first kappa shape index (κ1) is 117. The van der Waals surface area contributed by atoms with Gasteiger partial charge in [0.05, 0.1) is 233 Å². The molecule has 20 N–H and O–H groups in total. The maximum absolute atomic E-state index is 15.2. The number of benzene rings is 1. The van der Waals surface area contributed by atoms with Crippen molar-refractivity contribution in [3.05, 3.63) is 112 Å². The SMILES string of the molecule is CCCOCCOCCOCCOCCOCCOCCOCCOCCOCCOCCC(=O)N[C@@H](Cc1cn(CCOCCOCCOCCNC(=O)CC[C@H](NC(=O)c2ccc(NCc3cnc4nc(N)[nH]c(=O)c4n3)cc2)C(=O)O)nn1)C(=O)N[C@H]1Cc2cn(nn2)CCCC[C@@H](C(N)=O)NC(=O)[C@@H](C)NC(=O)[C@@H]([C@H](C)O)NC(=O)[C@@H](Cc2cnc[nH]2)CC(=O)[C@@H](CO)NC(=O)[C@@H](Cc2cnc[nH]2)NC1=O. The summed E-state index contributed by atoms with van der Waals surface area (Å²) in [7, 11) is 0. The van der Waals surface area contributed by atoms with Gasteiger partial charge in [-0.1, -0.05) is 17.4 Å². The number of anilines is 2. The zero-order valence-electron chi connectivity index (χ0n) is 81.6. The Labute approximate surface area is 834 Å². The number of aliphatic hydroxyl groups is 2. The summed E-state index contributed by atoms with van der Waals surface area (Å²) in [6.45, 7) is 12.1. The lowest BCUT2D eigenvalue weighted by Crippen LogP contribution is -2.59. The molecule has 0 saturated heterocycles. The second-order valence-corrected chi connectivity index (χ2v) is 33.1. The summed E-state index contributed by atoms with van der Waals surface area (Å²) in [6, 6.07) is -6.12. The number of carbonyl (C=O) groups excluding carboxylic acids is 11. The Hall–Kier alpha value is -13.0. The van der Waals surface area contributed by atoms with E-state index >= 15 is 9.59 Å². The minimum atomic E-state index is -1.76. The highest BCUT2D eigenvalue weighted by Gasteiger charge is 2.38. The van der Waals surface area contributed by atoms with E-state index in [2.05, 4.69) is 121 Å². The fourth-order valence-electron chi connectivity index (χ4n) is 13.8. The zero-order valence-corrected chi connectivity index (χ0v) is 81.6. The van der Waals surface area contributed by atoms with Crippen molar-refractivity contribution in [2.75, 3.05) is 196 Å². The topological polar surface area (TPSA) is 748 Å². The van der Waals surface area contributed by atoms with Crippen LogP contribution in [0.25, 0.3) is 11.2 Å². The number of H-pyrrole nitrogens is 3. The van der Waals surface area contributed by atoms with E-state index in [0.29, 0.717) is 116 Å². The van der Waals surface area contributed by atoms with Crippen molar-refractivity contribution in [2.24, 2.45) is 11.7 Å². The maximum atomic E-state index is 15.2. The minimum Gasteiger partial charge on any atom is -0.480 e. The van der Waals surface area contributed by atoms with Gasteiger partial charge < -0.3 is 152 Å². The number of fused-ring (bicyclic) bond motifs is 3. The number of aryl methyl sites for hydroxylation is 1. The van der Waals surface area contributed by atoms with Crippen molar-refractivity contribution < 1.29 is 134 Å². The van der Waals surface area contributed by atoms with Crippen molar-refractivity contribution >= 4 is 93.6 Å². The first-order chi connectivity index (χ1) is 70.2. The molecule has 10 atom stereocenters. The highest BCUT2D eigenvalue weighted by molar-refractivity contribution is 5.99. The predicted octanol–water partition coefficient (Wildman–Crippen LogP) is -5.37. The minimum absolute atomic E-state index is 0.00917. The second-order valence-electron chi connectivity index (χ2n) is 33.1. The average Bonchev–Trinajstić information content (AvgIpc) is 1.32. The lowest BCUT2D eigenvalue weighted by molar-refractivity contribution is -0.139. The van der Waals surface area contributed by atoms with E-state index < -0.39 is 156 Å². The number of nitrogen functional groups attached to an aromatic ring is 1. The third kappa shape index (κ3) is 46.3. The van der Waals surface area contributed by atoms with Crippen LogP contribution in [0.4, 0.5) is 11.6 Å². The van der Waals surface area contributed by atoms with Gasteiger partial charge in [0.15, 0.2) is 16.9 Å². The van der Waals surface area contributed by atoms with E-state index in [9.17, 15) is 68.1 Å². The number of nitrogens with one attached hydrogen (secondary N) is 13. The molecule has 6 aromatic heterocycles. The number of aliphatic hydroxyl groups excluding tert-OH is 2. The zero-order chi connectivity index (χ0) is 104. The summed E-state index contributed by atoms with van der Waals surface area (Å²) in [5.74, 6) is -12.3. The van der Waals surface area contributed by atoms with Gasteiger partial charge in [-0.2, -0.15) is 4.98 Å². The maximum Gasteiger partial charge on any atom is 0.326 e. The molecular weight excluding hydrogens is 1910 g/mol. The first-order valence-electron chi connectivity index (χ1n) is 47.8. The molecular formula is C90H136N26O29. The molecule has 145 heavy (non-hydrogen) atoms. The van der Waals surface area contributed by atoms with Crippen LogP contribution in [0.5, 0.6) is 0 Å². The summed E-state index contributed by atoms with van der Waals surface area (Å²) in [6.07, 6.45) is 6.95. The van der Waals surface area contributed by atoms with Gasteiger partial charge in [0.2, 0.25) is 59.1 Å². The van der Waals surface area contributed by atoms with E-state index in [1.165, 1.54) is 79.0 Å². The average molecular weight is 2050 g/mol. The Morgan fingerprint density at radius 1 is 0.572 bits per heavy atom. The molecule has 7 heterocycles. The van der Waals surface area contributed by atoms with Crippen LogP contribution >= 0.6 is 0 Å². The van der Waals surface area contributed by atoms with Crippen LogP contribution in [0, 0.1) is 5.92 Å². The van der Waals surface area contributed by atoms with Crippen molar-refractivity contribution in [3.63, 3.8) is 0 Å². The van der Waals surface area contributed by atoms with Gasteiger partial charge in [-0.05, 0) is 70.2 Å². The number of imidazole rings is 2. The smallest absolute Gasteiger partial charge is 0.326 e. The lowest BCUT2D eigenvalue weighted by Gasteiger charge is -2.27. The summed E-state index contributed by atoms with van der Waals surface area (Å²) < 4.78 is 75.4. The van der Waals surface area contributed by atoms with Gasteiger partial charge in [0.1, 0.15) is 48.3 Å². The van der Waals surface area contributed by atoms with Crippen LogP contribution in [-0.4, -0.2) is 395 Å². The number of carboxylic acid groups (broad SMARTS) is 1. The largest absolute Gasteiger partial charge is 0.480 e. The molecule has 55 heteroatoms. The van der Waals surface area contributed by atoms with Crippen molar-refractivity contribution in [2.45, 2.75) is 172 Å². The Bertz CT molecular complexity index is 5100. The van der Waals surface area contributed by atoms with Crippen molar-refractivity contribution in [1.29, 1.82) is 0 Å². The first-order valence-corrected chi connectivity index (χ1v) is 47.8. The second kappa shape index (κ2) is 67.6. The normalized spacial score (nSPS) is 17.7. The van der Waals surface area contributed by atoms with E-state index in [0.717, 1.165) is 13.0 Å². The van der Waals surface area contributed by atoms with Gasteiger partial charge in [0.25, 0.3) is 11.5 Å². The predicted molar refractivity (Wildman–Crippen MR) is 509 cm³/mol. The number of carbonyl (C=O) groups is 12. The van der Waals surface area contributed by atoms with Gasteiger partial charge in [-0.25, -0.2) is 29.4 Å². The molecule has 0 spiro atoms. The van der Waals surface area contributed by atoms with Crippen molar-refractivity contribution in [1.82, 2.24) is 118 Å². The molecule has 10 amide bonds. The van der Waals surface area contributed by atoms with E-state index in [4.69, 9.17) is 73.0 Å². The van der Waals surface area contributed by atoms with Crippen LogP contribution < -0.4 is 70.2 Å². The van der Waals surface area contributed by atoms with Crippen LogP contribution in [0.2, 0.25) is 0 Å². The van der Waals surface area contributed by atoms with Crippen LogP contribution in [0.3, 0.4) is 0 Å². The molecule has 1 aliphatic rings. The van der Waals surface area contributed by atoms with Gasteiger partial charge in [-0.15, -0.1) is 10.2 Å². The number of Topliss-reactive ketones (excluding diaryl/α,β-unsaturated/α-hetero) is 1. The summed E-state index contributed by atoms with van der Waals surface area (Å²) in [4.78, 5) is 206. The molecule has 800 valence electrons. The van der Waals surface area contributed by atoms with Crippen LogP contribution in [0.1, 0.15) is 111 Å². The standard InChI is InChI=1S/C90H136N26O29/c1-4-18-133-22-26-137-30-32-140-34-36-142-38-40-144-42-43-145-41-39-143-37-35-141-33-31-138-27-23-134-19-14-76(121)102-70(47-65-54-116(114-112-65)17-21-136-25-29-139-28-24-135-20-15-95-75(120)13-12-69(89(131)132)104-82(124)60-8-10-62(11-9-60)96-51-67-52-97-80-78(101-67)88(130)110-90(92)109-80)84(126)106-72-48-66-53-115(113-111-66)16-6-5-7-68(79(91)122)103-81(123)58(2)100-87(129)77(59(3)118)108-83(125)61(44-63-49-93-56-98-63)45-74(119)73(55-117)107-86(128)71(105-85(72)127)46-64-50-94-57-99-64/h8-11,49-50,52-54,56-59,61,68-73,77,96,117-118H,4-7,12-48,51,55H2,1-3H3,(H2,91,122)(H,93,98)(H,94,99)(H,95,120)(H,100,129)(H,102,121)(H,103,123)(H,104,124)(H,105,127)(H,106,126)(H,107,128)(H,108,125)(H,131,132)(H3,92,97,109,110,130)/t58-,59+,61+,68+,69+,70+,71-,72+,73-,77-/m1/s1. The lowest BCUT2D eigenvalue weighted by atomic mass is 9.92. The quantitative estimate of drug-likeness (QED) is 0.0158. The molecule has 0 unspecified atom stereocenters. The summed E-state index contributed by atoms with van der Waals surface area (Å²) >= 11 is 0. The molecule has 0 fully saturated rings. The fourth-order valence-corrected chi connectivity index (χ4v) is 13.8. The summed E-state index contributed by atoms with van der Waals surface area (Å²) in [5, 5.41) is 74.8. The van der Waals surface area contributed by atoms with Gasteiger partial charge >= 0.3 is 5.97 Å². The number of hydrogen-bond donors (Lipinski definition) is 18. The molecule has 0 aliphatic carbocycles. The van der Waals surface area contributed by atoms with Crippen LogP contribution in [0.15, 0.2) is 72.7 Å². The Balaban J connectivity index is 0.829. The van der Waals surface area contributed by atoms with Gasteiger partial charge in [0, 0.05) is 112 Å². The number of nitrogens with zero attached hydrogens (tertiary/aromatic N) is 11. The molecule has 8 rings (SSSR count). The number of aromatic nitrogens is 14. The number of primary amides is 1. The molecule has 55 nitrogen and oxygen atoms in total. The molecule has 0 saturated carbocycles. The Morgan fingerprint density at radius 2 is 1.14 bits per heavy atom. The molecule has 1 aromatic carbocycles. The number of hydrogen-bond acceptors (Lipinski definition) is 39. The molecule has 7 aromatic rings. The number of aromatic amines is 3. The molecule has 1 aliphatic heterocycles.